The zero-order valence-electron chi connectivity index (χ0n) is 26.6. The number of carbonyl (C=O) groups excluding carboxylic acids is 3. The van der Waals surface area contributed by atoms with E-state index >= 15 is 0 Å². The van der Waals surface area contributed by atoms with Crippen molar-refractivity contribution in [1.82, 2.24) is 10.2 Å². The number of aliphatic hydroxyl groups is 1. The Morgan fingerprint density at radius 3 is 2.26 bits per heavy atom. The van der Waals surface area contributed by atoms with E-state index in [4.69, 9.17) is 4.74 Å². The molecule has 0 fully saturated rings. The summed E-state index contributed by atoms with van der Waals surface area (Å²) in [4.78, 5) is 42.4. The standard InChI is InChI=1S/C39H46N2O5/c1-3-5-8-21-33(23-29-16-9-6-10-17-29)39(45)46-36(30-18-11-7-12-19-30)26-40-38(44)32(15-4-2)25-37(43)41-27-34-22-14-13-20-31(34)24-35(41)28-42/h3-4,6-7,9-14,16-20,22,32-33,35-36,42H,1-2,5,8,15,21,23-28H2,(H,40,44)/t32-,33+,35-,36+/m0/s1. The maximum Gasteiger partial charge on any atom is 0.309 e. The van der Waals surface area contributed by atoms with Gasteiger partial charge in [0.2, 0.25) is 11.8 Å². The van der Waals surface area contributed by atoms with Crippen LogP contribution in [0.25, 0.3) is 0 Å². The van der Waals surface area contributed by atoms with Crippen molar-refractivity contribution in [3.63, 3.8) is 0 Å². The quantitative estimate of drug-likeness (QED) is 0.107. The molecule has 0 aromatic heterocycles. The van der Waals surface area contributed by atoms with Gasteiger partial charge in [-0.15, -0.1) is 13.2 Å². The summed E-state index contributed by atoms with van der Waals surface area (Å²) < 4.78 is 6.13. The van der Waals surface area contributed by atoms with Gasteiger partial charge in [0.25, 0.3) is 0 Å². The van der Waals surface area contributed by atoms with Gasteiger partial charge in [-0.3, -0.25) is 14.4 Å². The Morgan fingerprint density at radius 2 is 1.59 bits per heavy atom. The first-order chi connectivity index (χ1) is 22.4. The van der Waals surface area contributed by atoms with E-state index in [1.165, 1.54) is 0 Å². The fourth-order valence-corrected chi connectivity index (χ4v) is 6.03. The van der Waals surface area contributed by atoms with Crippen molar-refractivity contribution in [3.05, 3.63) is 132 Å². The molecule has 7 heteroatoms. The number of nitrogens with zero attached hydrogens (tertiary/aromatic N) is 1. The van der Waals surface area contributed by atoms with Crippen LogP contribution in [0.5, 0.6) is 0 Å². The van der Waals surface area contributed by atoms with Crippen molar-refractivity contribution in [2.45, 2.75) is 63.6 Å². The Labute approximate surface area is 273 Å². The van der Waals surface area contributed by atoms with Gasteiger partial charge in [0.1, 0.15) is 6.10 Å². The summed E-state index contributed by atoms with van der Waals surface area (Å²) in [6.07, 6.45) is 6.50. The van der Waals surface area contributed by atoms with Crippen LogP contribution >= 0.6 is 0 Å². The van der Waals surface area contributed by atoms with Crippen LogP contribution in [-0.2, 0) is 38.5 Å². The summed E-state index contributed by atoms with van der Waals surface area (Å²) in [5, 5.41) is 13.0. The lowest BCUT2D eigenvalue weighted by atomic mass is 9.92. The number of hydrogen-bond acceptors (Lipinski definition) is 5. The molecule has 0 saturated carbocycles. The number of fused-ring (bicyclic) bond motifs is 1. The Morgan fingerprint density at radius 1 is 0.913 bits per heavy atom. The van der Waals surface area contributed by atoms with Crippen LogP contribution in [0, 0.1) is 11.8 Å². The second-order valence-corrected chi connectivity index (χ2v) is 11.9. The van der Waals surface area contributed by atoms with E-state index in [0.717, 1.165) is 35.1 Å². The topological polar surface area (TPSA) is 95.9 Å². The first kappa shape index (κ1) is 34.4. The van der Waals surface area contributed by atoms with E-state index in [1.807, 2.05) is 91.0 Å². The van der Waals surface area contributed by atoms with Gasteiger partial charge in [-0.2, -0.15) is 0 Å². The summed E-state index contributed by atoms with van der Waals surface area (Å²) in [7, 11) is 0. The Bertz CT molecular complexity index is 1440. The Hall–Kier alpha value is -4.49. The molecule has 1 heterocycles. The largest absolute Gasteiger partial charge is 0.455 e. The lowest BCUT2D eigenvalue weighted by molar-refractivity contribution is -0.155. The molecule has 4 atom stereocenters. The number of benzene rings is 3. The second-order valence-electron chi connectivity index (χ2n) is 11.9. The van der Waals surface area contributed by atoms with Crippen molar-refractivity contribution >= 4 is 17.8 Å². The number of ether oxygens (including phenoxy) is 1. The lowest BCUT2D eigenvalue weighted by Crippen LogP contribution is -2.47. The second kappa shape index (κ2) is 17.9. The smallest absolute Gasteiger partial charge is 0.309 e. The molecule has 3 aromatic rings. The van der Waals surface area contributed by atoms with Crippen LogP contribution in [0.15, 0.2) is 110 Å². The van der Waals surface area contributed by atoms with Crippen LogP contribution in [0.2, 0.25) is 0 Å². The lowest BCUT2D eigenvalue weighted by Gasteiger charge is -2.36. The number of unbranched alkanes of at least 4 members (excludes halogenated alkanes) is 1. The fourth-order valence-electron chi connectivity index (χ4n) is 6.03. The van der Waals surface area contributed by atoms with Gasteiger partial charge in [-0.05, 0) is 60.8 Å². The van der Waals surface area contributed by atoms with Crippen LogP contribution in [-0.4, -0.2) is 47.0 Å². The average molecular weight is 623 g/mol. The molecule has 0 spiro atoms. The SMILES string of the molecule is C=CCCC[C@H](Cc1ccccc1)C(=O)O[C@H](CNC(=O)[C@@H](CC=C)CC(=O)N1Cc2ccccc2C[C@H]1CO)c1ccccc1. The van der Waals surface area contributed by atoms with Crippen LogP contribution in [0.4, 0.5) is 0 Å². The van der Waals surface area contributed by atoms with Gasteiger partial charge in [0.05, 0.1) is 31.0 Å². The summed E-state index contributed by atoms with van der Waals surface area (Å²) in [6.45, 7) is 7.93. The van der Waals surface area contributed by atoms with E-state index in [1.54, 1.807) is 11.0 Å². The third kappa shape index (κ3) is 9.75. The van der Waals surface area contributed by atoms with E-state index in [2.05, 4.69) is 18.5 Å². The average Bonchev–Trinajstić information content (AvgIpc) is 3.09. The van der Waals surface area contributed by atoms with Crippen molar-refractivity contribution in [2.24, 2.45) is 11.8 Å². The predicted molar refractivity (Wildman–Crippen MR) is 180 cm³/mol. The molecule has 1 aliphatic heterocycles. The molecule has 2 amide bonds. The van der Waals surface area contributed by atoms with Gasteiger partial charge in [0.15, 0.2) is 0 Å². The highest BCUT2D eigenvalue weighted by Gasteiger charge is 2.32. The molecule has 46 heavy (non-hydrogen) atoms. The first-order valence-electron chi connectivity index (χ1n) is 16.2. The highest BCUT2D eigenvalue weighted by molar-refractivity contribution is 5.86. The molecular formula is C39H46N2O5. The predicted octanol–water partition coefficient (Wildman–Crippen LogP) is 6.13. The molecule has 0 radical (unpaired) electrons. The number of amides is 2. The summed E-state index contributed by atoms with van der Waals surface area (Å²) in [5.41, 5.74) is 4.01. The van der Waals surface area contributed by atoms with Gasteiger partial charge in [-0.1, -0.05) is 97.1 Å². The molecular weight excluding hydrogens is 576 g/mol. The maximum absolute atomic E-state index is 13.6. The van der Waals surface area contributed by atoms with Gasteiger partial charge in [-0.25, -0.2) is 0 Å². The minimum absolute atomic E-state index is 0.0191. The molecule has 0 bridgehead atoms. The molecule has 0 aliphatic carbocycles. The van der Waals surface area contributed by atoms with E-state index in [9.17, 15) is 19.5 Å². The van der Waals surface area contributed by atoms with Crippen LogP contribution in [0.3, 0.4) is 0 Å². The highest BCUT2D eigenvalue weighted by atomic mass is 16.5. The van der Waals surface area contributed by atoms with Gasteiger partial charge >= 0.3 is 5.97 Å². The zero-order valence-corrected chi connectivity index (χ0v) is 26.6. The monoisotopic (exact) mass is 622 g/mol. The highest BCUT2D eigenvalue weighted by Crippen LogP contribution is 2.26. The van der Waals surface area contributed by atoms with Crippen LogP contribution < -0.4 is 5.32 Å². The van der Waals surface area contributed by atoms with Gasteiger partial charge in [0, 0.05) is 13.0 Å². The molecule has 7 nitrogen and oxygen atoms in total. The number of aliphatic hydroxyl groups excluding tert-OH is 1. The minimum atomic E-state index is -0.701. The molecule has 0 saturated heterocycles. The Balaban J connectivity index is 1.44. The molecule has 4 rings (SSSR count). The third-order valence-electron chi connectivity index (χ3n) is 8.64. The van der Waals surface area contributed by atoms with E-state index in [-0.39, 0.29) is 49.3 Å². The number of nitrogens with one attached hydrogen (secondary N) is 1. The van der Waals surface area contributed by atoms with Crippen molar-refractivity contribution in [1.29, 1.82) is 0 Å². The van der Waals surface area contributed by atoms with Crippen LogP contribution in [0.1, 0.15) is 60.5 Å². The minimum Gasteiger partial charge on any atom is -0.455 e. The van der Waals surface area contributed by atoms with Gasteiger partial charge < -0.3 is 20.1 Å². The fraction of sp³-hybridized carbons (Fsp3) is 0.359. The summed E-state index contributed by atoms with van der Waals surface area (Å²) >= 11 is 0. The number of carbonyl (C=O) groups is 3. The van der Waals surface area contributed by atoms with Crippen molar-refractivity contribution in [3.8, 4) is 0 Å². The molecule has 242 valence electrons. The molecule has 3 aromatic carbocycles. The molecule has 1 aliphatic rings. The number of esters is 1. The number of hydrogen-bond donors (Lipinski definition) is 2. The summed E-state index contributed by atoms with van der Waals surface area (Å²) in [6, 6.07) is 26.9. The molecule has 2 N–H and O–H groups in total. The molecule has 0 unspecified atom stereocenters. The van der Waals surface area contributed by atoms with E-state index < -0.39 is 12.0 Å². The van der Waals surface area contributed by atoms with Crippen molar-refractivity contribution in [2.75, 3.05) is 13.2 Å². The zero-order chi connectivity index (χ0) is 32.7. The van der Waals surface area contributed by atoms with E-state index in [0.29, 0.717) is 32.2 Å². The Kier molecular flexibility index (Phi) is 13.3. The number of rotatable bonds is 17. The number of allylic oxidation sites excluding steroid dienone is 2. The van der Waals surface area contributed by atoms with Crippen molar-refractivity contribution < 1.29 is 24.2 Å². The maximum atomic E-state index is 13.6. The third-order valence-corrected chi connectivity index (χ3v) is 8.64. The summed E-state index contributed by atoms with van der Waals surface area (Å²) in [5.74, 6) is -1.81. The normalized spacial score (nSPS) is 15.9. The first-order valence-corrected chi connectivity index (χ1v) is 16.2.